The summed E-state index contributed by atoms with van der Waals surface area (Å²) in [6.45, 7) is 5.68. The fourth-order valence-corrected chi connectivity index (χ4v) is 2.63. The predicted molar refractivity (Wildman–Crippen MR) is 98.3 cm³/mol. The van der Waals surface area contributed by atoms with Gasteiger partial charge in [0, 0.05) is 0 Å². The van der Waals surface area contributed by atoms with Crippen LogP contribution in [0.4, 0.5) is 0 Å². The molecule has 0 saturated carbocycles. The summed E-state index contributed by atoms with van der Waals surface area (Å²) in [7, 11) is 4.44. The molecule has 4 heteroatoms. The molecule has 0 unspecified atom stereocenters. The van der Waals surface area contributed by atoms with Gasteiger partial charge in [-0.3, -0.25) is 4.68 Å². The van der Waals surface area contributed by atoms with Crippen molar-refractivity contribution in [3.05, 3.63) is 60.2 Å². The molecule has 0 atom stereocenters. The number of para-hydroxylation sites is 1. The summed E-state index contributed by atoms with van der Waals surface area (Å²) in [6.07, 6.45) is 0. The lowest BCUT2D eigenvalue weighted by molar-refractivity contribution is -0.888. The third kappa shape index (κ3) is 3.77. The number of ether oxygens (including phenoxy) is 1. The zero-order valence-corrected chi connectivity index (χ0v) is 14.8. The van der Waals surface area contributed by atoms with E-state index in [-0.39, 0.29) is 0 Å². The maximum Gasteiger partial charge on any atom is 0.241 e. The lowest BCUT2D eigenvalue weighted by atomic mass is 10.2. The normalized spacial score (nSPS) is 11.8. The molecule has 0 amide bonds. The molecule has 0 aliphatic heterocycles. The van der Waals surface area contributed by atoms with Gasteiger partial charge in [0.25, 0.3) is 0 Å². The van der Waals surface area contributed by atoms with Crippen molar-refractivity contribution in [3.8, 4) is 5.88 Å². The molecule has 3 aromatic rings. The highest BCUT2D eigenvalue weighted by Crippen LogP contribution is 2.25. The van der Waals surface area contributed by atoms with Crippen molar-refractivity contribution in [2.75, 3.05) is 33.8 Å². The molecule has 4 nitrogen and oxygen atoms in total. The summed E-state index contributed by atoms with van der Waals surface area (Å²) < 4.78 is 9.00. The van der Waals surface area contributed by atoms with Crippen molar-refractivity contribution in [1.29, 1.82) is 0 Å². The first-order valence-corrected chi connectivity index (χ1v) is 8.53. The summed E-state index contributed by atoms with van der Waals surface area (Å²) in [4.78, 5) is 0. The predicted octanol–water partition coefficient (Wildman–Crippen LogP) is 3.56. The maximum atomic E-state index is 6.03. The van der Waals surface area contributed by atoms with Gasteiger partial charge < -0.3 is 9.22 Å². The first-order chi connectivity index (χ1) is 11.6. The molecule has 0 bridgehead atoms. The fourth-order valence-electron chi connectivity index (χ4n) is 2.63. The fraction of sp³-hybridized carbons (Fsp3) is 0.350. The summed E-state index contributed by atoms with van der Waals surface area (Å²) in [5.41, 5.74) is 2.35. The monoisotopic (exact) mass is 324 g/mol. The molecule has 0 N–H and O–H groups in total. The molecule has 3 rings (SSSR count). The molecule has 24 heavy (non-hydrogen) atoms. The standard InChI is InChI=1S/C20H26N3O/c1-4-23(2,3)14-15-24-20-18-12-8-9-13-19(18)22(21-20)16-17-10-6-5-7-11-17/h5-13H,4,14-16H2,1-3H3/q+1. The van der Waals surface area contributed by atoms with Crippen LogP contribution in [-0.4, -0.2) is 48.1 Å². The van der Waals surface area contributed by atoms with Crippen LogP contribution in [0.2, 0.25) is 0 Å². The van der Waals surface area contributed by atoms with E-state index in [1.54, 1.807) is 0 Å². The third-order valence-corrected chi connectivity index (χ3v) is 4.59. The Hall–Kier alpha value is -2.33. The van der Waals surface area contributed by atoms with Crippen LogP contribution in [0.3, 0.4) is 0 Å². The number of hydrogen-bond donors (Lipinski definition) is 0. The second-order valence-electron chi connectivity index (χ2n) is 6.79. The largest absolute Gasteiger partial charge is 0.470 e. The van der Waals surface area contributed by atoms with Crippen molar-refractivity contribution in [2.24, 2.45) is 0 Å². The molecule has 1 heterocycles. The molecular formula is C20H26N3O+. The third-order valence-electron chi connectivity index (χ3n) is 4.59. The first kappa shape index (κ1) is 16.5. The Morgan fingerprint density at radius 2 is 1.71 bits per heavy atom. The first-order valence-electron chi connectivity index (χ1n) is 8.53. The molecule has 126 valence electrons. The van der Waals surface area contributed by atoms with Crippen LogP contribution in [0.15, 0.2) is 54.6 Å². The Kier molecular flexibility index (Phi) is 4.86. The molecule has 1 aromatic heterocycles. The van der Waals surface area contributed by atoms with E-state index < -0.39 is 0 Å². The van der Waals surface area contributed by atoms with Gasteiger partial charge >= 0.3 is 0 Å². The van der Waals surface area contributed by atoms with E-state index in [4.69, 9.17) is 9.84 Å². The van der Waals surface area contributed by atoms with Gasteiger partial charge in [-0.1, -0.05) is 42.5 Å². The van der Waals surface area contributed by atoms with E-state index >= 15 is 0 Å². The summed E-state index contributed by atoms with van der Waals surface area (Å²) >= 11 is 0. The minimum atomic E-state index is 0.674. The summed E-state index contributed by atoms with van der Waals surface area (Å²) in [5.74, 6) is 0.734. The molecule has 0 aliphatic rings. The molecule has 0 saturated heterocycles. The number of aromatic nitrogens is 2. The van der Waals surface area contributed by atoms with Crippen LogP contribution in [0.25, 0.3) is 10.9 Å². The van der Waals surface area contributed by atoms with Gasteiger partial charge in [0.2, 0.25) is 5.88 Å². The number of rotatable bonds is 7. The van der Waals surface area contributed by atoms with Gasteiger partial charge in [-0.2, -0.15) is 0 Å². The minimum absolute atomic E-state index is 0.674. The van der Waals surface area contributed by atoms with Gasteiger partial charge in [-0.25, -0.2) is 0 Å². The lowest BCUT2D eigenvalue weighted by Gasteiger charge is -2.27. The second-order valence-corrected chi connectivity index (χ2v) is 6.79. The van der Waals surface area contributed by atoms with E-state index in [2.05, 4.69) is 57.4 Å². The average Bonchev–Trinajstić information content (AvgIpc) is 2.94. The van der Waals surface area contributed by atoms with Crippen LogP contribution in [0.5, 0.6) is 5.88 Å². The minimum Gasteiger partial charge on any atom is -0.470 e. The lowest BCUT2D eigenvalue weighted by Crippen LogP contribution is -2.42. The Balaban J connectivity index is 1.81. The topological polar surface area (TPSA) is 27.1 Å². The Morgan fingerprint density at radius 3 is 2.46 bits per heavy atom. The SMILES string of the molecule is CC[N+](C)(C)CCOc1nn(Cc2ccccc2)c2ccccc12. The van der Waals surface area contributed by atoms with Crippen molar-refractivity contribution >= 4 is 10.9 Å². The maximum absolute atomic E-state index is 6.03. The van der Waals surface area contributed by atoms with E-state index in [1.807, 2.05) is 22.9 Å². The second kappa shape index (κ2) is 7.05. The Labute approximate surface area is 143 Å². The molecule has 0 fully saturated rings. The van der Waals surface area contributed by atoms with Crippen LogP contribution in [0.1, 0.15) is 12.5 Å². The molecule has 0 radical (unpaired) electrons. The van der Waals surface area contributed by atoms with Crippen molar-refractivity contribution < 1.29 is 9.22 Å². The van der Waals surface area contributed by atoms with Gasteiger partial charge in [0.1, 0.15) is 13.2 Å². The van der Waals surface area contributed by atoms with E-state index in [1.165, 1.54) is 5.56 Å². The molecule has 0 spiro atoms. The van der Waals surface area contributed by atoms with Crippen LogP contribution in [0, 0.1) is 0 Å². The summed E-state index contributed by atoms with van der Waals surface area (Å²) in [5, 5.41) is 5.80. The molecular weight excluding hydrogens is 298 g/mol. The van der Waals surface area contributed by atoms with E-state index in [0.29, 0.717) is 6.61 Å². The van der Waals surface area contributed by atoms with Gasteiger partial charge in [-0.05, 0) is 24.6 Å². The van der Waals surface area contributed by atoms with Crippen molar-refractivity contribution in [1.82, 2.24) is 9.78 Å². The number of nitrogens with zero attached hydrogens (tertiary/aromatic N) is 3. The van der Waals surface area contributed by atoms with Crippen LogP contribution >= 0.6 is 0 Å². The van der Waals surface area contributed by atoms with E-state index in [9.17, 15) is 0 Å². The highest BCUT2D eigenvalue weighted by atomic mass is 16.5. The Bertz CT molecular complexity index is 793. The highest BCUT2D eigenvalue weighted by molar-refractivity contribution is 5.84. The number of quaternary nitrogens is 1. The van der Waals surface area contributed by atoms with Crippen molar-refractivity contribution in [3.63, 3.8) is 0 Å². The number of hydrogen-bond acceptors (Lipinski definition) is 2. The zero-order chi connectivity index (χ0) is 17.0. The van der Waals surface area contributed by atoms with Crippen LogP contribution in [-0.2, 0) is 6.54 Å². The average molecular weight is 324 g/mol. The Morgan fingerprint density at radius 1 is 1.00 bits per heavy atom. The zero-order valence-electron chi connectivity index (χ0n) is 14.8. The quantitative estimate of drug-likeness (QED) is 0.621. The number of benzene rings is 2. The smallest absolute Gasteiger partial charge is 0.241 e. The highest BCUT2D eigenvalue weighted by Gasteiger charge is 2.15. The van der Waals surface area contributed by atoms with Gasteiger partial charge in [-0.15, -0.1) is 5.10 Å². The van der Waals surface area contributed by atoms with Crippen LogP contribution < -0.4 is 4.74 Å². The molecule has 0 aliphatic carbocycles. The van der Waals surface area contributed by atoms with Gasteiger partial charge in [0.05, 0.1) is 38.1 Å². The van der Waals surface area contributed by atoms with E-state index in [0.717, 1.165) is 40.9 Å². The summed E-state index contributed by atoms with van der Waals surface area (Å²) in [6, 6.07) is 18.7. The number of fused-ring (bicyclic) bond motifs is 1. The molecule has 2 aromatic carbocycles. The van der Waals surface area contributed by atoms with Crippen molar-refractivity contribution in [2.45, 2.75) is 13.5 Å². The van der Waals surface area contributed by atoms with Gasteiger partial charge in [0.15, 0.2) is 0 Å². The number of likely N-dealkylation sites (N-methyl/N-ethyl adjacent to an activating group) is 1.